The number of amides is 1. The molecule has 0 radical (unpaired) electrons. The van der Waals surface area contributed by atoms with E-state index in [1.807, 2.05) is 17.5 Å². The first-order chi connectivity index (χ1) is 10.2. The molecule has 5 heteroatoms. The van der Waals surface area contributed by atoms with E-state index in [-0.39, 0.29) is 5.91 Å². The highest BCUT2D eigenvalue weighted by molar-refractivity contribution is 7.13. The van der Waals surface area contributed by atoms with E-state index in [1.54, 1.807) is 12.1 Å². The molecule has 1 fully saturated rings. The van der Waals surface area contributed by atoms with Crippen molar-refractivity contribution in [2.24, 2.45) is 0 Å². The number of nitriles is 1. The second-order valence-corrected chi connectivity index (χ2v) is 6.07. The molecule has 1 amide bonds. The fraction of sp³-hybridized carbons (Fsp3) is 0.312. The molecule has 1 aromatic carbocycles. The standard InChI is InChI=1S/C16H15N3OS/c17-9-12-3-1-11(2-4-12)5-8-15(20)19-16-18-14(10-21-16)13-6-7-13/h1-4,10,13H,5-8H2,(H,18,19,20). The second kappa shape index (κ2) is 6.06. The highest BCUT2D eigenvalue weighted by atomic mass is 32.1. The van der Waals surface area contributed by atoms with E-state index in [0.29, 0.717) is 29.5 Å². The first kappa shape index (κ1) is 13.8. The predicted octanol–water partition coefficient (Wildman–Crippen LogP) is 3.46. The molecule has 0 saturated heterocycles. The van der Waals surface area contributed by atoms with E-state index in [2.05, 4.69) is 16.4 Å². The molecule has 0 aliphatic heterocycles. The van der Waals surface area contributed by atoms with Gasteiger partial charge < -0.3 is 5.32 Å². The van der Waals surface area contributed by atoms with Crippen LogP contribution in [-0.4, -0.2) is 10.9 Å². The molecule has 1 aromatic heterocycles. The van der Waals surface area contributed by atoms with Gasteiger partial charge in [-0.25, -0.2) is 4.98 Å². The van der Waals surface area contributed by atoms with Crippen LogP contribution in [0.2, 0.25) is 0 Å². The Hall–Kier alpha value is -2.19. The normalized spacial score (nSPS) is 13.7. The number of nitrogens with one attached hydrogen (secondary N) is 1. The fourth-order valence-corrected chi connectivity index (χ4v) is 2.90. The van der Waals surface area contributed by atoms with Gasteiger partial charge >= 0.3 is 0 Å². The summed E-state index contributed by atoms with van der Waals surface area (Å²) in [5.41, 5.74) is 2.81. The zero-order chi connectivity index (χ0) is 14.7. The van der Waals surface area contributed by atoms with Gasteiger partial charge in [0.05, 0.1) is 17.3 Å². The van der Waals surface area contributed by atoms with Gasteiger partial charge in [-0.2, -0.15) is 5.26 Å². The second-order valence-electron chi connectivity index (χ2n) is 5.21. The zero-order valence-corrected chi connectivity index (χ0v) is 12.3. The number of rotatable bonds is 5. The van der Waals surface area contributed by atoms with Crippen molar-refractivity contribution >= 4 is 22.4 Å². The SMILES string of the molecule is N#Cc1ccc(CCC(=O)Nc2nc(C3CC3)cs2)cc1. The van der Waals surface area contributed by atoms with Crippen LogP contribution >= 0.6 is 11.3 Å². The summed E-state index contributed by atoms with van der Waals surface area (Å²) in [4.78, 5) is 16.3. The number of aryl methyl sites for hydroxylation is 1. The fourth-order valence-electron chi connectivity index (χ4n) is 2.10. The van der Waals surface area contributed by atoms with Crippen LogP contribution in [0, 0.1) is 11.3 Å². The molecule has 21 heavy (non-hydrogen) atoms. The minimum Gasteiger partial charge on any atom is -0.302 e. The third-order valence-corrected chi connectivity index (χ3v) is 4.26. The summed E-state index contributed by atoms with van der Waals surface area (Å²) in [6.07, 6.45) is 3.52. The summed E-state index contributed by atoms with van der Waals surface area (Å²) >= 11 is 1.49. The largest absolute Gasteiger partial charge is 0.302 e. The van der Waals surface area contributed by atoms with Gasteiger partial charge in [0.1, 0.15) is 0 Å². The summed E-state index contributed by atoms with van der Waals surface area (Å²) < 4.78 is 0. The van der Waals surface area contributed by atoms with E-state index >= 15 is 0 Å². The Morgan fingerprint density at radius 3 is 2.81 bits per heavy atom. The zero-order valence-electron chi connectivity index (χ0n) is 11.5. The lowest BCUT2D eigenvalue weighted by atomic mass is 10.1. The van der Waals surface area contributed by atoms with Gasteiger partial charge in [-0.15, -0.1) is 11.3 Å². The maximum absolute atomic E-state index is 11.9. The third kappa shape index (κ3) is 3.67. The van der Waals surface area contributed by atoms with Crippen LogP contribution in [-0.2, 0) is 11.2 Å². The van der Waals surface area contributed by atoms with Crippen LogP contribution in [0.15, 0.2) is 29.6 Å². The van der Waals surface area contributed by atoms with Crippen molar-refractivity contribution in [3.05, 3.63) is 46.5 Å². The number of aromatic nitrogens is 1. The molecule has 0 bridgehead atoms. The van der Waals surface area contributed by atoms with Gasteiger partial charge in [0.25, 0.3) is 0 Å². The van der Waals surface area contributed by atoms with Crippen LogP contribution in [0.3, 0.4) is 0 Å². The Bertz CT molecular complexity index is 680. The molecule has 1 N–H and O–H groups in total. The third-order valence-electron chi connectivity index (χ3n) is 3.49. The minimum absolute atomic E-state index is 0.0175. The lowest BCUT2D eigenvalue weighted by Gasteiger charge is -2.02. The summed E-state index contributed by atoms with van der Waals surface area (Å²) in [5.74, 6) is 0.599. The molecule has 2 aromatic rings. The van der Waals surface area contributed by atoms with Gasteiger partial charge in [-0.1, -0.05) is 12.1 Å². The molecule has 4 nitrogen and oxygen atoms in total. The lowest BCUT2D eigenvalue weighted by Crippen LogP contribution is -2.12. The first-order valence-electron chi connectivity index (χ1n) is 6.99. The van der Waals surface area contributed by atoms with Crippen molar-refractivity contribution in [2.45, 2.75) is 31.6 Å². The van der Waals surface area contributed by atoms with Crippen LogP contribution < -0.4 is 5.32 Å². The Labute approximate surface area is 127 Å². The molecule has 3 rings (SSSR count). The summed E-state index contributed by atoms with van der Waals surface area (Å²) in [5, 5.41) is 14.3. The monoisotopic (exact) mass is 297 g/mol. The number of thiazole rings is 1. The Kier molecular flexibility index (Phi) is 3.98. The molecule has 1 saturated carbocycles. The number of anilines is 1. The van der Waals surface area contributed by atoms with Crippen LogP contribution in [0.5, 0.6) is 0 Å². The molecule has 0 spiro atoms. The van der Waals surface area contributed by atoms with Crippen molar-refractivity contribution in [3.8, 4) is 6.07 Å². The number of benzene rings is 1. The number of nitrogens with zero attached hydrogens (tertiary/aromatic N) is 2. The van der Waals surface area contributed by atoms with Gasteiger partial charge in [0.2, 0.25) is 5.91 Å². The van der Waals surface area contributed by atoms with Crippen LogP contribution in [0.25, 0.3) is 0 Å². The van der Waals surface area contributed by atoms with E-state index < -0.39 is 0 Å². The van der Waals surface area contributed by atoms with E-state index in [0.717, 1.165) is 11.3 Å². The van der Waals surface area contributed by atoms with Gasteiger partial charge in [-0.05, 0) is 37.0 Å². The summed E-state index contributed by atoms with van der Waals surface area (Å²) in [6.45, 7) is 0. The number of carbonyl (C=O) groups excluding carboxylic acids is 1. The molecule has 1 aliphatic rings. The molecule has 1 heterocycles. The van der Waals surface area contributed by atoms with Crippen molar-refractivity contribution in [3.63, 3.8) is 0 Å². The summed E-state index contributed by atoms with van der Waals surface area (Å²) in [7, 11) is 0. The number of carbonyl (C=O) groups is 1. The number of hydrogen-bond donors (Lipinski definition) is 1. The maximum Gasteiger partial charge on any atom is 0.226 e. The topological polar surface area (TPSA) is 65.8 Å². The molecule has 106 valence electrons. The van der Waals surface area contributed by atoms with Gasteiger partial charge in [0, 0.05) is 17.7 Å². The van der Waals surface area contributed by atoms with E-state index in [4.69, 9.17) is 5.26 Å². The van der Waals surface area contributed by atoms with E-state index in [1.165, 1.54) is 24.2 Å². The minimum atomic E-state index is -0.0175. The average Bonchev–Trinajstić information content (AvgIpc) is 3.26. The summed E-state index contributed by atoms with van der Waals surface area (Å²) in [6, 6.07) is 9.41. The van der Waals surface area contributed by atoms with Gasteiger partial charge in [-0.3, -0.25) is 4.79 Å². The maximum atomic E-state index is 11.9. The van der Waals surface area contributed by atoms with Crippen molar-refractivity contribution < 1.29 is 4.79 Å². The lowest BCUT2D eigenvalue weighted by molar-refractivity contribution is -0.116. The Balaban J connectivity index is 1.50. The van der Waals surface area contributed by atoms with Crippen LogP contribution in [0.4, 0.5) is 5.13 Å². The van der Waals surface area contributed by atoms with E-state index in [9.17, 15) is 4.79 Å². The Morgan fingerprint density at radius 1 is 1.38 bits per heavy atom. The van der Waals surface area contributed by atoms with Crippen LogP contribution in [0.1, 0.15) is 42.0 Å². The predicted molar refractivity (Wildman–Crippen MR) is 82.2 cm³/mol. The first-order valence-corrected chi connectivity index (χ1v) is 7.87. The molecule has 0 atom stereocenters. The molecular formula is C16H15N3OS. The van der Waals surface area contributed by atoms with Crippen molar-refractivity contribution in [1.29, 1.82) is 5.26 Å². The van der Waals surface area contributed by atoms with Gasteiger partial charge in [0.15, 0.2) is 5.13 Å². The van der Waals surface area contributed by atoms with Crippen molar-refractivity contribution in [1.82, 2.24) is 4.98 Å². The molecule has 0 unspecified atom stereocenters. The number of hydrogen-bond acceptors (Lipinski definition) is 4. The smallest absolute Gasteiger partial charge is 0.226 e. The molecule has 1 aliphatic carbocycles. The quantitative estimate of drug-likeness (QED) is 0.919. The highest BCUT2D eigenvalue weighted by Crippen LogP contribution is 2.40. The Morgan fingerprint density at radius 2 is 2.14 bits per heavy atom. The van der Waals surface area contributed by atoms with Crippen molar-refractivity contribution in [2.75, 3.05) is 5.32 Å². The molecular weight excluding hydrogens is 282 g/mol. The highest BCUT2D eigenvalue weighted by Gasteiger charge is 2.26. The average molecular weight is 297 g/mol.